The summed E-state index contributed by atoms with van der Waals surface area (Å²) >= 11 is 4.88. The molecule has 0 unspecified atom stereocenters. The molecule has 0 amide bonds. The van der Waals surface area contributed by atoms with E-state index in [9.17, 15) is 9.18 Å². The summed E-state index contributed by atoms with van der Waals surface area (Å²) in [7, 11) is 0. The van der Waals surface area contributed by atoms with Crippen molar-refractivity contribution < 1.29 is 9.18 Å². The first-order chi connectivity index (χ1) is 6.60. The fraction of sp³-hybridized carbons (Fsp3) is 0.111. The van der Waals surface area contributed by atoms with Crippen LogP contribution in [0.15, 0.2) is 12.1 Å². The number of hydrogen-bond acceptors (Lipinski definition) is 2. The lowest BCUT2D eigenvalue weighted by atomic mass is 10.1. The van der Waals surface area contributed by atoms with E-state index in [2.05, 4.69) is 15.9 Å². The molecule has 0 aromatic heterocycles. The van der Waals surface area contributed by atoms with Gasteiger partial charge in [0.15, 0.2) is 5.78 Å². The van der Waals surface area contributed by atoms with E-state index >= 15 is 0 Å². The Morgan fingerprint density at radius 1 is 1.64 bits per heavy atom. The number of halogens is 3. The van der Waals surface area contributed by atoms with Crippen LogP contribution in [0.5, 0.6) is 0 Å². The van der Waals surface area contributed by atoms with Crippen molar-refractivity contribution in [1.29, 1.82) is 5.26 Å². The number of carbonyl (C=O) groups is 1. The van der Waals surface area contributed by atoms with Gasteiger partial charge in [0.1, 0.15) is 11.9 Å². The molecule has 2 nitrogen and oxygen atoms in total. The van der Waals surface area contributed by atoms with Gasteiger partial charge in [0.2, 0.25) is 0 Å². The first kappa shape index (κ1) is 11.6. The Bertz CT molecular complexity index is 428. The summed E-state index contributed by atoms with van der Waals surface area (Å²) in [6.45, 7) is 0. The summed E-state index contributed by atoms with van der Waals surface area (Å²) in [5, 5.41) is 8.76. The van der Waals surface area contributed by atoms with E-state index in [1.54, 1.807) is 6.07 Å². The predicted molar refractivity (Wildman–Crippen MR) is 62.0 cm³/mol. The van der Waals surface area contributed by atoms with Gasteiger partial charge in [-0.05, 0) is 34.7 Å². The molecule has 0 N–H and O–H groups in total. The normalized spacial score (nSPS) is 9.57. The van der Waals surface area contributed by atoms with Gasteiger partial charge in [0.05, 0.1) is 10.9 Å². The molecule has 0 bridgehead atoms. The molecule has 0 saturated carbocycles. The van der Waals surface area contributed by atoms with E-state index in [1.165, 1.54) is 12.1 Å². The second-order valence-electron chi connectivity index (χ2n) is 2.48. The molecule has 0 aliphatic rings. The maximum atomic E-state index is 13.2. The first-order valence-electron chi connectivity index (χ1n) is 3.58. The van der Waals surface area contributed by atoms with Gasteiger partial charge in [0, 0.05) is 9.13 Å². The number of nitriles is 1. The second-order valence-corrected chi connectivity index (χ2v) is 4.29. The van der Waals surface area contributed by atoms with Gasteiger partial charge in [0.25, 0.3) is 0 Å². The van der Waals surface area contributed by atoms with Crippen molar-refractivity contribution >= 4 is 44.3 Å². The third-order valence-corrected chi connectivity index (χ3v) is 2.72. The quantitative estimate of drug-likeness (QED) is 0.458. The van der Waals surface area contributed by atoms with Crippen LogP contribution in [0.2, 0.25) is 0 Å². The van der Waals surface area contributed by atoms with Gasteiger partial charge < -0.3 is 0 Å². The van der Waals surface area contributed by atoms with Gasteiger partial charge in [-0.2, -0.15) is 5.26 Å². The van der Waals surface area contributed by atoms with Crippen LogP contribution in [-0.2, 0) is 0 Å². The molecule has 0 atom stereocenters. The maximum Gasteiger partial charge on any atom is 0.174 e. The van der Waals surface area contributed by atoms with E-state index < -0.39 is 5.82 Å². The molecule has 0 radical (unpaired) electrons. The van der Waals surface area contributed by atoms with Crippen molar-refractivity contribution in [1.82, 2.24) is 0 Å². The molecular formula is C9H4BrFINO. The van der Waals surface area contributed by atoms with E-state index in [0.717, 1.165) is 0 Å². The summed E-state index contributed by atoms with van der Waals surface area (Å²) in [6.07, 6.45) is 0. The average Bonchev–Trinajstić information content (AvgIpc) is 2.15. The lowest BCUT2D eigenvalue weighted by molar-refractivity contribution is 0.102. The molecule has 0 aliphatic carbocycles. The number of hydrogen-bond donors (Lipinski definition) is 0. The third kappa shape index (κ3) is 2.30. The number of ketones is 1. The molecule has 72 valence electrons. The zero-order valence-corrected chi connectivity index (χ0v) is 10.6. The summed E-state index contributed by atoms with van der Waals surface area (Å²) < 4.78 is 13.8. The first-order valence-corrected chi connectivity index (χ1v) is 5.78. The maximum absolute atomic E-state index is 13.2. The van der Waals surface area contributed by atoms with Crippen LogP contribution >= 0.6 is 38.5 Å². The minimum atomic E-state index is -0.649. The molecule has 1 aromatic rings. The SMILES string of the molecule is N#Cc1c(F)cc(I)cc1C(=O)CBr. The van der Waals surface area contributed by atoms with E-state index in [-0.39, 0.29) is 22.2 Å². The van der Waals surface area contributed by atoms with Gasteiger partial charge in [-0.15, -0.1) is 0 Å². The van der Waals surface area contributed by atoms with Crippen LogP contribution in [0.1, 0.15) is 15.9 Å². The topological polar surface area (TPSA) is 40.9 Å². The van der Waals surface area contributed by atoms with Crippen LogP contribution in [0.3, 0.4) is 0 Å². The molecule has 0 fully saturated rings. The van der Waals surface area contributed by atoms with Crippen molar-refractivity contribution in [3.05, 3.63) is 32.6 Å². The summed E-state index contributed by atoms with van der Waals surface area (Å²) in [6, 6.07) is 4.42. The van der Waals surface area contributed by atoms with Crippen LogP contribution < -0.4 is 0 Å². The highest BCUT2D eigenvalue weighted by Crippen LogP contribution is 2.18. The Balaban J connectivity index is 3.41. The van der Waals surface area contributed by atoms with Crippen molar-refractivity contribution in [2.75, 3.05) is 5.33 Å². The van der Waals surface area contributed by atoms with E-state index in [4.69, 9.17) is 5.26 Å². The lowest BCUT2D eigenvalue weighted by Crippen LogP contribution is -2.05. The van der Waals surface area contributed by atoms with Gasteiger partial charge in [-0.3, -0.25) is 4.79 Å². The molecule has 1 rings (SSSR count). The van der Waals surface area contributed by atoms with Crippen molar-refractivity contribution in [2.24, 2.45) is 0 Å². The highest BCUT2D eigenvalue weighted by molar-refractivity contribution is 14.1. The van der Waals surface area contributed by atoms with Crippen LogP contribution in [0.4, 0.5) is 4.39 Å². The predicted octanol–water partition coefficient (Wildman–Crippen LogP) is 2.88. The van der Waals surface area contributed by atoms with Crippen LogP contribution in [0, 0.1) is 20.7 Å². The largest absolute Gasteiger partial charge is 0.293 e. The zero-order chi connectivity index (χ0) is 10.7. The number of benzene rings is 1. The van der Waals surface area contributed by atoms with Crippen molar-refractivity contribution in [3.8, 4) is 6.07 Å². The summed E-state index contributed by atoms with van der Waals surface area (Å²) in [5.41, 5.74) is -0.0522. The molecule has 0 heterocycles. The van der Waals surface area contributed by atoms with E-state index in [0.29, 0.717) is 3.57 Å². The number of rotatable bonds is 2. The second kappa shape index (κ2) is 4.84. The number of Topliss-reactive ketones (excluding diaryl/α,β-unsaturated/α-hetero) is 1. The van der Waals surface area contributed by atoms with Gasteiger partial charge in [-0.1, -0.05) is 15.9 Å². The fourth-order valence-corrected chi connectivity index (χ4v) is 1.87. The highest BCUT2D eigenvalue weighted by Gasteiger charge is 2.15. The number of nitrogens with zero attached hydrogens (tertiary/aromatic N) is 1. The molecule has 5 heteroatoms. The number of alkyl halides is 1. The standard InChI is InChI=1S/C9H4BrFINO/c10-3-9(14)6-1-5(12)2-8(11)7(6)4-13/h1-2H,3H2. The Morgan fingerprint density at radius 2 is 2.29 bits per heavy atom. The minimum absolute atomic E-state index is 0.0845. The lowest BCUT2D eigenvalue weighted by Gasteiger charge is -2.02. The minimum Gasteiger partial charge on any atom is -0.293 e. The van der Waals surface area contributed by atoms with Crippen LogP contribution in [0.25, 0.3) is 0 Å². The van der Waals surface area contributed by atoms with E-state index in [1.807, 2.05) is 22.6 Å². The Kier molecular flexibility index (Phi) is 4.01. The molecule has 0 saturated heterocycles. The Labute approximate surface area is 102 Å². The van der Waals surface area contributed by atoms with Gasteiger partial charge >= 0.3 is 0 Å². The summed E-state index contributed by atoms with van der Waals surface area (Å²) in [5.74, 6) is -0.942. The molecule has 0 aliphatic heterocycles. The Morgan fingerprint density at radius 3 is 2.79 bits per heavy atom. The van der Waals surface area contributed by atoms with Crippen LogP contribution in [-0.4, -0.2) is 11.1 Å². The zero-order valence-electron chi connectivity index (χ0n) is 6.85. The molecule has 0 spiro atoms. The van der Waals surface area contributed by atoms with Crippen molar-refractivity contribution in [3.63, 3.8) is 0 Å². The smallest absolute Gasteiger partial charge is 0.174 e. The summed E-state index contributed by atoms with van der Waals surface area (Å²) in [4.78, 5) is 11.3. The fourth-order valence-electron chi connectivity index (χ4n) is 0.979. The highest BCUT2D eigenvalue weighted by atomic mass is 127. The Hall–Kier alpha value is -0.480. The molecular weight excluding hydrogens is 364 g/mol. The van der Waals surface area contributed by atoms with Crippen molar-refractivity contribution in [2.45, 2.75) is 0 Å². The average molecular weight is 368 g/mol. The molecule has 1 aromatic carbocycles. The number of carbonyl (C=O) groups excluding carboxylic acids is 1. The third-order valence-electron chi connectivity index (χ3n) is 1.59. The molecule has 14 heavy (non-hydrogen) atoms. The van der Waals surface area contributed by atoms with Gasteiger partial charge in [-0.25, -0.2) is 4.39 Å². The monoisotopic (exact) mass is 367 g/mol.